The van der Waals surface area contributed by atoms with E-state index in [0.29, 0.717) is 11.8 Å². The molecule has 0 unspecified atom stereocenters. The molecule has 0 aliphatic carbocycles. The van der Waals surface area contributed by atoms with E-state index in [1.807, 2.05) is 32.0 Å². The summed E-state index contributed by atoms with van der Waals surface area (Å²) in [5, 5.41) is 9.21. The Morgan fingerprint density at radius 1 is 1.16 bits per heavy atom. The molecule has 5 heteroatoms. The molecule has 0 spiro atoms. The van der Waals surface area contributed by atoms with Gasteiger partial charge in [-0.05, 0) is 26.0 Å². The highest BCUT2D eigenvalue weighted by Gasteiger charge is 2.23. The van der Waals surface area contributed by atoms with Gasteiger partial charge in [0.15, 0.2) is 0 Å². The Kier molecular flexibility index (Phi) is 4.37. The lowest BCUT2D eigenvalue weighted by atomic mass is 10.0. The summed E-state index contributed by atoms with van der Waals surface area (Å²) in [4.78, 5) is 0. The van der Waals surface area contributed by atoms with Crippen molar-refractivity contribution in [2.75, 3.05) is 7.11 Å². The van der Waals surface area contributed by atoms with E-state index in [-0.39, 0.29) is 5.60 Å². The molecule has 2 rings (SSSR count). The zero-order chi connectivity index (χ0) is 13.9. The van der Waals surface area contributed by atoms with Gasteiger partial charge in [0.25, 0.3) is 0 Å². The molecule has 0 fully saturated rings. The fourth-order valence-electron chi connectivity index (χ4n) is 1.88. The second-order valence-corrected chi connectivity index (χ2v) is 5.54. The largest absolute Gasteiger partial charge is 0.378 e. The predicted molar refractivity (Wildman–Crippen MR) is 78.8 cm³/mol. The van der Waals surface area contributed by atoms with Gasteiger partial charge in [-0.1, -0.05) is 34.1 Å². The number of alkyl halides is 1. The maximum atomic E-state index is 5.48. The van der Waals surface area contributed by atoms with Crippen molar-refractivity contribution in [1.82, 2.24) is 14.8 Å². The summed E-state index contributed by atoms with van der Waals surface area (Å²) in [5.74, 6) is 1.81. The zero-order valence-corrected chi connectivity index (χ0v) is 13.0. The molecule has 19 heavy (non-hydrogen) atoms. The van der Waals surface area contributed by atoms with Crippen LogP contribution in [0.25, 0.3) is 5.69 Å². The van der Waals surface area contributed by atoms with Crippen LogP contribution in [0, 0.1) is 0 Å². The van der Waals surface area contributed by atoms with Crippen LogP contribution < -0.4 is 0 Å². The molecule has 0 saturated carbocycles. The minimum absolute atomic E-state index is 0.261. The number of nitrogens with zero attached hydrogens (tertiary/aromatic N) is 3. The molecule has 4 nitrogen and oxygen atoms in total. The fraction of sp³-hybridized carbons (Fsp3) is 0.429. The number of methoxy groups -OCH3 is 1. The molecule has 0 atom stereocenters. The van der Waals surface area contributed by atoms with Crippen molar-refractivity contribution in [2.45, 2.75) is 31.2 Å². The minimum atomic E-state index is -0.261. The monoisotopic (exact) mass is 323 g/mol. The number of halogens is 1. The summed E-state index contributed by atoms with van der Waals surface area (Å²) < 4.78 is 7.56. The van der Waals surface area contributed by atoms with Crippen molar-refractivity contribution in [1.29, 1.82) is 0 Å². The lowest BCUT2D eigenvalue weighted by Crippen LogP contribution is -2.27. The molecule has 1 heterocycles. The molecule has 0 aliphatic heterocycles. The van der Waals surface area contributed by atoms with Crippen LogP contribution in [-0.4, -0.2) is 27.5 Å². The molecule has 0 bridgehead atoms. The third kappa shape index (κ3) is 3.22. The van der Waals surface area contributed by atoms with Gasteiger partial charge in [0.1, 0.15) is 11.6 Å². The van der Waals surface area contributed by atoms with Gasteiger partial charge in [-0.15, -0.1) is 10.2 Å². The van der Waals surface area contributed by atoms with Gasteiger partial charge in [0, 0.05) is 19.2 Å². The summed E-state index contributed by atoms with van der Waals surface area (Å²) in [6, 6.07) is 10.1. The quantitative estimate of drug-likeness (QED) is 0.794. The number of ether oxygens (including phenoxy) is 1. The van der Waals surface area contributed by atoms with Crippen LogP contribution >= 0.6 is 15.9 Å². The summed E-state index contributed by atoms with van der Waals surface area (Å²) in [6.45, 7) is 4.09. The van der Waals surface area contributed by atoms with Gasteiger partial charge in [0.2, 0.25) is 0 Å². The van der Waals surface area contributed by atoms with Crippen LogP contribution in [0.3, 0.4) is 0 Å². The Morgan fingerprint density at radius 3 is 2.37 bits per heavy atom. The number of hydrogen-bond donors (Lipinski definition) is 0. The molecule has 0 saturated heterocycles. The van der Waals surface area contributed by atoms with Gasteiger partial charge in [-0.3, -0.25) is 4.57 Å². The van der Waals surface area contributed by atoms with Crippen molar-refractivity contribution in [3.05, 3.63) is 42.0 Å². The Hall–Kier alpha value is -1.20. The first kappa shape index (κ1) is 14.2. The second kappa shape index (κ2) is 5.84. The van der Waals surface area contributed by atoms with Crippen LogP contribution in [0.2, 0.25) is 0 Å². The Balaban J connectivity index is 2.44. The Morgan fingerprint density at radius 2 is 1.79 bits per heavy atom. The number of hydrogen-bond acceptors (Lipinski definition) is 3. The van der Waals surface area contributed by atoms with Crippen molar-refractivity contribution in [3.8, 4) is 5.69 Å². The van der Waals surface area contributed by atoms with E-state index >= 15 is 0 Å². The predicted octanol–water partition coefficient (Wildman–Crippen LogP) is 3.13. The zero-order valence-electron chi connectivity index (χ0n) is 11.4. The van der Waals surface area contributed by atoms with E-state index in [0.717, 1.165) is 17.3 Å². The molecule has 1 aromatic heterocycles. The van der Waals surface area contributed by atoms with Crippen molar-refractivity contribution in [2.24, 2.45) is 0 Å². The molecule has 0 amide bonds. The molecule has 102 valence electrons. The SMILES string of the molecule is COC(C)(C)Cc1nnc(CBr)n1-c1ccccc1. The maximum absolute atomic E-state index is 5.48. The highest BCUT2D eigenvalue weighted by molar-refractivity contribution is 9.08. The number of aromatic nitrogens is 3. The van der Waals surface area contributed by atoms with Gasteiger partial charge in [0.05, 0.1) is 10.9 Å². The smallest absolute Gasteiger partial charge is 0.148 e. The molecular formula is C14H18BrN3O. The first-order chi connectivity index (χ1) is 9.07. The third-order valence-electron chi connectivity index (χ3n) is 3.07. The average molecular weight is 324 g/mol. The van der Waals surface area contributed by atoms with Crippen LogP contribution in [0.4, 0.5) is 0 Å². The lowest BCUT2D eigenvalue weighted by Gasteiger charge is -2.22. The number of para-hydroxylation sites is 1. The van der Waals surface area contributed by atoms with Crippen LogP contribution in [-0.2, 0) is 16.5 Å². The molecular weight excluding hydrogens is 306 g/mol. The summed E-state index contributed by atoms with van der Waals surface area (Å²) >= 11 is 3.46. The topological polar surface area (TPSA) is 39.9 Å². The van der Waals surface area contributed by atoms with E-state index in [1.54, 1.807) is 7.11 Å². The van der Waals surface area contributed by atoms with Crippen molar-refractivity contribution >= 4 is 15.9 Å². The highest BCUT2D eigenvalue weighted by atomic mass is 79.9. The van der Waals surface area contributed by atoms with Gasteiger partial charge >= 0.3 is 0 Å². The first-order valence-corrected chi connectivity index (χ1v) is 7.29. The second-order valence-electron chi connectivity index (χ2n) is 4.98. The van der Waals surface area contributed by atoms with Crippen LogP contribution in [0.1, 0.15) is 25.5 Å². The van der Waals surface area contributed by atoms with E-state index in [1.165, 1.54) is 0 Å². The minimum Gasteiger partial charge on any atom is -0.378 e. The highest BCUT2D eigenvalue weighted by Crippen LogP contribution is 2.20. The standard InChI is InChI=1S/C14H18BrN3O/c1-14(2,19-3)9-12-16-17-13(10-15)18(12)11-7-5-4-6-8-11/h4-8H,9-10H2,1-3H3. The van der Waals surface area contributed by atoms with Gasteiger partial charge < -0.3 is 4.74 Å². The molecule has 0 aliphatic rings. The van der Waals surface area contributed by atoms with E-state index in [9.17, 15) is 0 Å². The lowest BCUT2D eigenvalue weighted by molar-refractivity contribution is 0.0212. The van der Waals surface area contributed by atoms with Gasteiger partial charge in [-0.2, -0.15) is 0 Å². The third-order valence-corrected chi connectivity index (χ3v) is 3.57. The Labute approximate surface area is 121 Å². The van der Waals surface area contributed by atoms with Crippen LogP contribution in [0.15, 0.2) is 30.3 Å². The first-order valence-electron chi connectivity index (χ1n) is 6.17. The van der Waals surface area contributed by atoms with E-state index in [4.69, 9.17) is 4.74 Å². The fourth-order valence-corrected chi connectivity index (χ4v) is 2.25. The molecule has 2 aromatic rings. The molecule has 1 aromatic carbocycles. The average Bonchev–Trinajstić information content (AvgIpc) is 2.82. The van der Waals surface area contributed by atoms with E-state index in [2.05, 4.69) is 42.8 Å². The normalized spacial score (nSPS) is 11.8. The molecule has 0 radical (unpaired) electrons. The molecule has 0 N–H and O–H groups in total. The van der Waals surface area contributed by atoms with Crippen LogP contribution in [0.5, 0.6) is 0 Å². The Bertz CT molecular complexity index is 537. The maximum Gasteiger partial charge on any atom is 0.148 e. The van der Waals surface area contributed by atoms with Crippen molar-refractivity contribution < 1.29 is 4.74 Å². The summed E-state index contributed by atoms with van der Waals surface area (Å²) in [7, 11) is 1.72. The summed E-state index contributed by atoms with van der Waals surface area (Å²) in [6.07, 6.45) is 0.707. The summed E-state index contributed by atoms with van der Waals surface area (Å²) in [5.41, 5.74) is 0.812. The number of benzene rings is 1. The van der Waals surface area contributed by atoms with Crippen molar-refractivity contribution in [3.63, 3.8) is 0 Å². The van der Waals surface area contributed by atoms with E-state index < -0.39 is 0 Å². The van der Waals surface area contributed by atoms with Gasteiger partial charge in [-0.25, -0.2) is 0 Å². The number of rotatable bonds is 5.